The van der Waals surface area contributed by atoms with Gasteiger partial charge in [-0.05, 0) is 72.5 Å². The molecule has 0 heterocycles. The summed E-state index contributed by atoms with van der Waals surface area (Å²) in [5.74, 6) is 0.732. The minimum absolute atomic E-state index is 0.0944. The van der Waals surface area contributed by atoms with Crippen molar-refractivity contribution in [3.05, 3.63) is 57.7 Å². The molecular weight excluding hydrogens is 389 g/mol. The van der Waals surface area contributed by atoms with Crippen molar-refractivity contribution < 1.29 is 9.53 Å². The summed E-state index contributed by atoms with van der Waals surface area (Å²) in [6, 6.07) is 15.2. The summed E-state index contributed by atoms with van der Waals surface area (Å²) in [5.41, 5.74) is 1.45. The van der Waals surface area contributed by atoms with Crippen molar-refractivity contribution in [2.24, 2.45) is 0 Å². The lowest BCUT2D eigenvalue weighted by atomic mass is 10.2. The van der Waals surface area contributed by atoms with E-state index in [4.69, 9.17) is 4.74 Å². The van der Waals surface area contributed by atoms with E-state index in [1.54, 1.807) is 0 Å². The van der Waals surface area contributed by atoms with Gasteiger partial charge in [0.1, 0.15) is 5.75 Å². The van der Waals surface area contributed by atoms with Crippen LogP contribution in [0.15, 0.2) is 48.5 Å². The standard InChI is InChI=1S/C18H18INO2/c19-17-11-4-3-10-16(17)18(21)20-13-6-5-9-15(12-13)22-14-7-1-2-8-14/h3-6,9-12,14H,1-2,7-8H2,(H,20,21). The smallest absolute Gasteiger partial charge is 0.256 e. The van der Waals surface area contributed by atoms with Crippen molar-refractivity contribution in [1.82, 2.24) is 0 Å². The fourth-order valence-electron chi connectivity index (χ4n) is 2.69. The first-order valence-electron chi connectivity index (χ1n) is 7.55. The maximum absolute atomic E-state index is 12.3. The van der Waals surface area contributed by atoms with Crippen LogP contribution < -0.4 is 10.1 Å². The molecule has 1 aliphatic carbocycles. The molecule has 0 saturated heterocycles. The van der Waals surface area contributed by atoms with Crippen molar-refractivity contribution in [2.45, 2.75) is 31.8 Å². The average Bonchev–Trinajstić information content (AvgIpc) is 3.01. The van der Waals surface area contributed by atoms with Crippen LogP contribution in [0, 0.1) is 3.57 Å². The van der Waals surface area contributed by atoms with Gasteiger partial charge in [0.25, 0.3) is 5.91 Å². The van der Waals surface area contributed by atoms with Crippen molar-refractivity contribution in [1.29, 1.82) is 0 Å². The van der Waals surface area contributed by atoms with Gasteiger partial charge in [0.2, 0.25) is 0 Å². The number of rotatable bonds is 4. The van der Waals surface area contributed by atoms with Crippen LogP contribution in [0.25, 0.3) is 0 Å². The first-order chi connectivity index (χ1) is 10.7. The van der Waals surface area contributed by atoms with Crippen LogP contribution >= 0.6 is 22.6 Å². The Morgan fingerprint density at radius 3 is 2.64 bits per heavy atom. The molecule has 4 heteroatoms. The van der Waals surface area contributed by atoms with E-state index in [0.29, 0.717) is 11.7 Å². The summed E-state index contributed by atoms with van der Waals surface area (Å²) in [6.07, 6.45) is 5.06. The van der Waals surface area contributed by atoms with Crippen LogP contribution in [-0.4, -0.2) is 12.0 Å². The monoisotopic (exact) mass is 407 g/mol. The Morgan fingerprint density at radius 1 is 1.09 bits per heavy atom. The number of anilines is 1. The van der Waals surface area contributed by atoms with E-state index in [1.807, 2.05) is 48.5 Å². The van der Waals surface area contributed by atoms with Gasteiger partial charge in [-0.15, -0.1) is 0 Å². The molecule has 114 valence electrons. The van der Waals surface area contributed by atoms with Gasteiger partial charge in [-0.1, -0.05) is 18.2 Å². The van der Waals surface area contributed by atoms with E-state index in [2.05, 4.69) is 27.9 Å². The predicted molar refractivity (Wildman–Crippen MR) is 96.4 cm³/mol. The lowest BCUT2D eigenvalue weighted by molar-refractivity contribution is 0.102. The highest BCUT2D eigenvalue weighted by molar-refractivity contribution is 14.1. The summed E-state index contributed by atoms with van der Waals surface area (Å²) >= 11 is 2.17. The second-order valence-corrected chi connectivity index (χ2v) is 6.65. The molecule has 1 N–H and O–H groups in total. The van der Waals surface area contributed by atoms with Crippen LogP contribution in [0.4, 0.5) is 5.69 Å². The number of carbonyl (C=O) groups excluding carboxylic acids is 1. The molecule has 0 atom stereocenters. The molecule has 0 bridgehead atoms. The van der Waals surface area contributed by atoms with Gasteiger partial charge in [0.05, 0.1) is 11.7 Å². The second-order valence-electron chi connectivity index (χ2n) is 5.49. The highest BCUT2D eigenvalue weighted by Crippen LogP contribution is 2.26. The van der Waals surface area contributed by atoms with Crippen LogP contribution in [0.1, 0.15) is 36.0 Å². The number of hydrogen-bond donors (Lipinski definition) is 1. The molecule has 0 aromatic heterocycles. The Balaban J connectivity index is 1.69. The van der Waals surface area contributed by atoms with E-state index < -0.39 is 0 Å². The minimum atomic E-state index is -0.0944. The third-order valence-electron chi connectivity index (χ3n) is 3.82. The maximum Gasteiger partial charge on any atom is 0.256 e. The number of ether oxygens (including phenoxy) is 1. The largest absolute Gasteiger partial charge is 0.490 e. The molecule has 2 aromatic rings. The van der Waals surface area contributed by atoms with Crippen LogP contribution in [0.2, 0.25) is 0 Å². The molecule has 1 aliphatic rings. The van der Waals surface area contributed by atoms with Crippen molar-refractivity contribution in [2.75, 3.05) is 5.32 Å². The third-order valence-corrected chi connectivity index (χ3v) is 4.76. The Bertz CT molecular complexity index is 666. The minimum Gasteiger partial charge on any atom is -0.490 e. The van der Waals surface area contributed by atoms with E-state index in [9.17, 15) is 4.79 Å². The lowest BCUT2D eigenvalue weighted by Gasteiger charge is -2.14. The third kappa shape index (κ3) is 3.80. The molecule has 3 nitrogen and oxygen atoms in total. The van der Waals surface area contributed by atoms with Crippen molar-refractivity contribution in [3.8, 4) is 5.75 Å². The highest BCUT2D eigenvalue weighted by Gasteiger charge is 2.16. The molecule has 2 aromatic carbocycles. The zero-order valence-electron chi connectivity index (χ0n) is 12.2. The Labute approximate surface area is 144 Å². The van der Waals surface area contributed by atoms with Gasteiger partial charge in [-0.2, -0.15) is 0 Å². The van der Waals surface area contributed by atoms with Crippen LogP contribution in [0.3, 0.4) is 0 Å². The van der Waals surface area contributed by atoms with Gasteiger partial charge in [0.15, 0.2) is 0 Å². The number of benzene rings is 2. The molecule has 22 heavy (non-hydrogen) atoms. The molecule has 0 radical (unpaired) electrons. The summed E-state index contributed by atoms with van der Waals surface area (Å²) < 4.78 is 6.91. The number of amides is 1. The Kier molecular flexibility index (Phi) is 4.97. The van der Waals surface area contributed by atoms with Gasteiger partial charge >= 0.3 is 0 Å². The number of hydrogen-bond acceptors (Lipinski definition) is 2. The molecule has 3 rings (SSSR count). The van der Waals surface area contributed by atoms with Gasteiger partial charge < -0.3 is 10.1 Å². The van der Waals surface area contributed by atoms with Crippen molar-refractivity contribution in [3.63, 3.8) is 0 Å². The molecule has 0 unspecified atom stereocenters. The van der Waals surface area contributed by atoms with E-state index in [1.165, 1.54) is 12.8 Å². The molecule has 1 amide bonds. The zero-order valence-corrected chi connectivity index (χ0v) is 14.4. The summed E-state index contributed by atoms with van der Waals surface area (Å²) in [4.78, 5) is 12.3. The summed E-state index contributed by atoms with van der Waals surface area (Å²) in [5, 5.41) is 2.94. The topological polar surface area (TPSA) is 38.3 Å². The van der Waals surface area contributed by atoms with E-state index in [-0.39, 0.29) is 5.91 Å². The number of nitrogens with one attached hydrogen (secondary N) is 1. The lowest BCUT2D eigenvalue weighted by Crippen LogP contribution is -2.14. The maximum atomic E-state index is 12.3. The first-order valence-corrected chi connectivity index (χ1v) is 8.63. The highest BCUT2D eigenvalue weighted by atomic mass is 127. The zero-order chi connectivity index (χ0) is 15.4. The number of carbonyl (C=O) groups is 1. The number of halogens is 1. The fraction of sp³-hybridized carbons (Fsp3) is 0.278. The Morgan fingerprint density at radius 2 is 1.86 bits per heavy atom. The predicted octanol–water partition coefficient (Wildman–Crippen LogP) is 4.86. The second kappa shape index (κ2) is 7.13. The Hall–Kier alpha value is -1.56. The van der Waals surface area contributed by atoms with Crippen molar-refractivity contribution >= 4 is 34.2 Å². The summed E-state index contributed by atoms with van der Waals surface area (Å²) in [7, 11) is 0. The quantitative estimate of drug-likeness (QED) is 0.735. The normalized spacial score (nSPS) is 14.8. The molecule has 0 spiro atoms. The molecule has 1 saturated carbocycles. The SMILES string of the molecule is O=C(Nc1cccc(OC2CCCC2)c1)c1ccccc1I. The van der Waals surface area contributed by atoms with Crippen LogP contribution in [-0.2, 0) is 0 Å². The average molecular weight is 407 g/mol. The van der Waals surface area contributed by atoms with Crippen LogP contribution in [0.5, 0.6) is 5.75 Å². The molecule has 1 fully saturated rings. The summed E-state index contributed by atoms with van der Waals surface area (Å²) in [6.45, 7) is 0. The molecular formula is C18H18INO2. The van der Waals surface area contributed by atoms with E-state index in [0.717, 1.165) is 27.8 Å². The van der Waals surface area contributed by atoms with Gasteiger partial charge in [-0.3, -0.25) is 4.79 Å². The van der Waals surface area contributed by atoms with E-state index >= 15 is 0 Å². The fourth-order valence-corrected chi connectivity index (χ4v) is 3.32. The first kappa shape index (κ1) is 15.3. The molecule has 0 aliphatic heterocycles. The van der Waals surface area contributed by atoms with Gasteiger partial charge in [-0.25, -0.2) is 0 Å². The van der Waals surface area contributed by atoms with Gasteiger partial charge in [0, 0.05) is 15.3 Å².